The molecule has 5 rings (SSSR count). The average molecular weight is 364 g/mol. The van der Waals surface area contributed by atoms with Gasteiger partial charge in [-0.3, -0.25) is 14.3 Å². The van der Waals surface area contributed by atoms with Crippen LogP contribution in [0.4, 0.5) is 5.69 Å². The van der Waals surface area contributed by atoms with Gasteiger partial charge in [0.05, 0.1) is 35.3 Å². The number of rotatable bonds is 3. The van der Waals surface area contributed by atoms with E-state index < -0.39 is 0 Å². The fourth-order valence-electron chi connectivity index (χ4n) is 3.98. The molecule has 2 aliphatic heterocycles. The first-order valence-electron chi connectivity index (χ1n) is 9.26. The van der Waals surface area contributed by atoms with E-state index in [-0.39, 0.29) is 17.9 Å². The minimum absolute atomic E-state index is 0.0242. The second kappa shape index (κ2) is 6.22. The number of likely N-dealkylation sites (tertiary alicyclic amines) is 1. The summed E-state index contributed by atoms with van der Waals surface area (Å²) in [6.45, 7) is 2.08. The third-order valence-electron chi connectivity index (χ3n) is 5.46. The summed E-state index contributed by atoms with van der Waals surface area (Å²) in [6, 6.07) is 5.67. The second-order valence-corrected chi connectivity index (χ2v) is 7.16. The number of anilines is 1. The molecule has 1 N–H and O–H groups in total. The molecule has 1 atom stereocenters. The van der Waals surface area contributed by atoms with Crippen molar-refractivity contribution >= 4 is 28.5 Å². The number of carbonyl (C=O) groups is 2. The Labute approximate surface area is 155 Å². The van der Waals surface area contributed by atoms with Crippen LogP contribution in [0.25, 0.3) is 11.0 Å². The maximum absolute atomic E-state index is 12.9. The highest BCUT2D eigenvalue weighted by atomic mass is 16.2. The number of imidazole rings is 1. The van der Waals surface area contributed by atoms with Gasteiger partial charge in [0.25, 0.3) is 5.91 Å². The SMILES string of the molecule is O=C(c1ccc2nc[nH]c2c1)N1CCC(n2cc(N3CCCC3=O)cn2)C1. The van der Waals surface area contributed by atoms with E-state index in [4.69, 9.17) is 0 Å². The summed E-state index contributed by atoms with van der Waals surface area (Å²) in [5.41, 5.74) is 3.23. The molecule has 4 heterocycles. The van der Waals surface area contributed by atoms with E-state index in [9.17, 15) is 9.59 Å². The van der Waals surface area contributed by atoms with Gasteiger partial charge in [-0.15, -0.1) is 0 Å². The second-order valence-electron chi connectivity index (χ2n) is 7.16. The Bertz CT molecular complexity index is 1020. The Morgan fingerprint density at radius 3 is 3.04 bits per heavy atom. The highest BCUT2D eigenvalue weighted by Crippen LogP contribution is 2.27. The standard InChI is InChI=1S/C19H20N6O2/c26-18-2-1-6-24(18)15-9-22-25(11-15)14-5-7-23(10-14)19(27)13-3-4-16-17(8-13)21-12-20-16/h3-4,8-9,11-12,14H,1-2,5-7,10H2,(H,20,21). The van der Waals surface area contributed by atoms with Gasteiger partial charge in [-0.25, -0.2) is 4.98 Å². The molecule has 27 heavy (non-hydrogen) atoms. The number of nitrogens with zero attached hydrogens (tertiary/aromatic N) is 5. The summed E-state index contributed by atoms with van der Waals surface area (Å²) in [5, 5.41) is 4.45. The van der Waals surface area contributed by atoms with E-state index in [0.29, 0.717) is 25.1 Å². The van der Waals surface area contributed by atoms with Crippen LogP contribution >= 0.6 is 0 Å². The Morgan fingerprint density at radius 1 is 1.26 bits per heavy atom. The summed E-state index contributed by atoms with van der Waals surface area (Å²) in [5.74, 6) is 0.183. The molecule has 0 saturated carbocycles. The quantitative estimate of drug-likeness (QED) is 0.770. The summed E-state index contributed by atoms with van der Waals surface area (Å²) in [7, 11) is 0. The molecule has 1 unspecified atom stereocenters. The van der Waals surface area contributed by atoms with Crippen LogP contribution in [0, 0.1) is 0 Å². The first-order chi connectivity index (χ1) is 13.2. The Morgan fingerprint density at radius 2 is 2.19 bits per heavy atom. The normalized spacial score (nSPS) is 20.1. The minimum Gasteiger partial charge on any atom is -0.345 e. The third-order valence-corrected chi connectivity index (χ3v) is 5.46. The van der Waals surface area contributed by atoms with Crippen molar-refractivity contribution in [2.45, 2.75) is 25.3 Å². The van der Waals surface area contributed by atoms with Crippen molar-refractivity contribution in [3.05, 3.63) is 42.5 Å². The van der Waals surface area contributed by atoms with E-state index in [1.54, 1.807) is 17.4 Å². The van der Waals surface area contributed by atoms with E-state index in [2.05, 4.69) is 15.1 Å². The molecule has 138 valence electrons. The largest absolute Gasteiger partial charge is 0.345 e. The molecule has 2 saturated heterocycles. The van der Waals surface area contributed by atoms with E-state index in [0.717, 1.165) is 36.1 Å². The van der Waals surface area contributed by atoms with Crippen LogP contribution in [0.3, 0.4) is 0 Å². The topological polar surface area (TPSA) is 87.1 Å². The van der Waals surface area contributed by atoms with Gasteiger partial charge in [-0.1, -0.05) is 0 Å². The number of fused-ring (bicyclic) bond motifs is 1. The number of amides is 2. The van der Waals surface area contributed by atoms with Crippen molar-refractivity contribution < 1.29 is 9.59 Å². The summed E-state index contributed by atoms with van der Waals surface area (Å²) >= 11 is 0. The molecule has 0 spiro atoms. The number of aromatic nitrogens is 4. The average Bonchev–Trinajstić information content (AvgIpc) is 3.44. The lowest BCUT2D eigenvalue weighted by Gasteiger charge is -2.17. The summed E-state index contributed by atoms with van der Waals surface area (Å²) in [4.78, 5) is 35.7. The number of H-pyrrole nitrogens is 1. The summed E-state index contributed by atoms with van der Waals surface area (Å²) in [6.07, 6.45) is 7.67. The van der Waals surface area contributed by atoms with Crippen molar-refractivity contribution in [1.82, 2.24) is 24.6 Å². The number of benzene rings is 1. The molecule has 3 aromatic rings. The molecule has 0 bridgehead atoms. The lowest BCUT2D eigenvalue weighted by molar-refractivity contribution is -0.117. The predicted octanol–water partition coefficient (Wildman–Crippen LogP) is 1.97. The van der Waals surface area contributed by atoms with Gasteiger partial charge in [0, 0.05) is 37.8 Å². The molecule has 2 aromatic heterocycles. The van der Waals surface area contributed by atoms with Crippen molar-refractivity contribution in [3.8, 4) is 0 Å². The minimum atomic E-state index is 0.0242. The van der Waals surface area contributed by atoms with Crippen molar-refractivity contribution in [2.75, 3.05) is 24.5 Å². The Hall–Kier alpha value is -3.16. The van der Waals surface area contributed by atoms with Gasteiger partial charge >= 0.3 is 0 Å². The fourth-order valence-corrected chi connectivity index (χ4v) is 3.98. The Balaban J connectivity index is 1.30. The van der Waals surface area contributed by atoms with Crippen LogP contribution in [-0.4, -0.2) is 56.1 Å². The van der Waals surface area contributed by atoms with Crippen LogP contribution in [0.15, 0.2) is 36.9 Å². The van der Waals surface area contributed by atoms with Crippen LogP contribution in [0.1, 0.15) is 35.7 Å². The zero-order valence-corrected chi connectivity index (χ0v) is 14.8. The van der Waals surface area contributed by atoms with E-state index in [1.807, 2.05) is 34.0 Å². The fraction of sp³-hybridized carbons (Fsp3) is 0.368. The van der Waals surface area contributed by atoms with Gasteiger partial charge in [-0.05, 0) is 31.0 Å². The molecule has 8 heteroatoms. The van der Waals surface area contributed by atoms with Crippen molar-refractivity contribution in [2.24, 2.45) is 0 Å². The number of nitrogens with one attached hydrogen (secondary N) is 1. The number of aromatic amines is 1. The lowest BCUT2D eigenvalue weighted by atomic mass is 10.2. The molecule has 0 aliphatic carbocycles. The highest BCUT2D eigenvalue weighted by molar-refractivity contribution is 5.97. The smallest absolute Gasteiger partial charge is 0.254 e. The molecule has 8 nitrogen and oxygen atoms in total. The van der Waals surface area contributed by atoms with Gasteiger partial charge < -0.3 is 14.8 Å². The number of carbonyl (C=O) groups excluding carboxylic acids is 2. The highest BCUT2D eigenvalue weighted by Gasteiger charge is 2.30. The van der Waals surface area contributed by atoms with Crippen LogP contribution < -0.4 is 4.90 Å². The van der Waals surface area contributed by atoms with Crippen molar-refractivity contribution in [1.29, 1.82) is 0 Å². The van der Waals surface area contributed by atoms with Gasteiger partial charge in [0.2, 0.25) is 5.91 Å². The van der Waals surface area contributed by atoms with Gasteiger partial charge in [0.15, 0.2) is 0 Å². The zero-order chi connectivity index (χ0) is 18.4. The zero-order valence-electron chi connectivity index (χ0n) is 14.8. The molecule has 2 aliphatic rings. The van der Waals surface area contributed by atoms with Crippen LogP contribution in [-0.2, 0) is 4.79 Å². The van der Waals surface area contributed by atoms with Crippen LogP contribution in [0.5, 0.6) is 0 Å². The first kappa shape index (κ1) is 16.0. The lowest BCUT2D eigenvalue weighted by Crippen LogP contribution is -2.29. The van der Waals surface area contributed by atoms with Gasteiger partial charge in [-0.2, -0.15) is 5.10 Å². The monoisotopic (exact) mass is 364 g/mol. The number of hydrogen-bond acceptors (Lipinski definition) is 4. The molecule has 2 amide bonds. The van der Waals surface area contributed by atoms with Gasteiger partial charge in [0.1, 0.15) is 0 Å². The van der Waals surface area contributed by atoms with E-state index >= 15 is 0 Å². The molecule has 0 radical (unpaired) electrons. The molecule has 1 aromatic carbocycles. The van der Waals surface area contributed by atoms with Crippen molar-refractivity contribution in [3.63, 3.8) is 0 Å². The first-order valence-corrected chi connectivity index (χ1v) is 9.26. The number of hydrogen-bond donors (Lipinski definition) is 1. The molecular formula is C19H20N6O2. The maximum Gasteiger partial charge on any atom is 0.254 e. The third kappa shape index (κ3) is 2.77. The maximum atomic E-state index is 12.9. The summed E-state index contributed by atoms with van der Waals surface area (Å²) < 4.78 is 1.90. The predicted molar refractivity (Wildman–Crippen MR) is 99.5 cm³/mol. The molecular weight excluding hydrogens is 344 g/mol. The van der Waals surface area contributed by atoms with Crippen LogP contribution in [0.2, 0.25) is 0 Å². The molecule has 2 fully saturated rings. The Kier molecular flexibility index (Phi) is 3.70. The van der Waals surface area contributed by atoms with E-state index in [1.165, 1.54) is 0 Å².